The molecule has 4 rings (SSSR count). The molecule has 1 N–H and O–H groups in total. The largest absolute Gasteiger partial charge is 0.497 e. The number of ether oxygens (including phenoxy) is 1. The molecule has 0 fully saturated rings. The first-order chi connectivity index (χ1) is 15.1. The number of hydrogen-bond donors (Lipinski definition) is 1. The minimum Gasteiger partial charge on any atom is -0.497 e. The van der Waals surface area contributed by atoms with Crippen LogP contribution >= 0.6 is 11.8 Å². The molecule has 1 aliphatic rings. The van der Waals surface area contributed by atoms with E-state index in [0.29, 0.717) is 11.4 Å². The number of thioether (sulfide) groups is 1. The van der Waals surface area contributed by atoms with Crippen molar-refractivity contribution in [2.24, 2.45) is 0 Å². The van der Waals surface area contributed by atoms with Crippen molar-refractivity contribution in [3.05, 3.63) is 95.3 Å². The number of fused-ring (bicyclic) bond motifs is 1. The second kappa shape index (κ2) is 9.23. The van der Waals surface area contributed by atoms with Crippen LogP contribution in [0.3, 0.4) is 0 Å². The summed E-state index contributed by atoms with van der Waals surface area (Å²) in [5.74, 6) is 0.187. The Morgan fingerprint density at radius 3 is 2.61 bits per heavy atom. The molecule has 0 aromatic heterocycles. The van der Waals surface area contributed by atoms with E-state index in [1.807, 2.05) is 24.5 Å². The van der Waals surface area contributed by atoms with Crippen LogP contribution < -0.4 is 10.1 Å². The Bertz CT molecular complexity index is 1180. The SMILES string of the molecule is COc1cccc(NC(=O)CC2=C/C(=C\c3ccc(SC)cc3)c3ccc(F)cc32)c1. The molecule has 156 valence electrons. The standard InChI is InChI=1S/C26H22FNO2S/c1-30-22-5-3-4-21(16-22)28-26(29)14-19-13-18(24-11-8-20(27)15-25(19)24)12-17-6-9-23(31-2)10-7-17/h3-13,15-16H,14H2,1-2H3,(H,28,29)/b18-12+. The molecule has 5 heteroatoms. The van der Waals surface area contributed by atoms with E-state index in [-0.39, 0.29) is 18.1 Å². The zero-order chi connectivity index (χ0) is 21.8. The van der Waals surface area contributed by atoms with E-state index >= 15 is 0 Å². The van der Waals surface area contributed by atoms with Gasteiger partial charge in [-0.15, -0.1) is 11.8 Å². The number of carbonyl (C=O) groups excluding carboxylic acids is 1. The van der Waals surface area contributed by atoms with Crippen LogP contribution in [0.15, 0.2) is 77.7 Å². The zero-order valence-electron chi connectivity index (χ0n) is 17.3. The second-order valence-electron chi connectivity index (χ2n) is 7.19. The molecule has 1 amide bonds. The van der Waals surface area contributed by atoms with Gasteiger partial charge in [-0.2, -0.15) is 0 Å². The average molecular weight is 432 g/mol. The first-order valence-corrected chi connectivity index (χ1v) is 11.1. The molecular weight excluding hydrogens is 409 g/mol. The van der Waals surface area contributed by atoms with E-state index in [0.717, 1.165) is 27.8 Å². The molecule has 0 radical (unpaired) electrons. The first kappa shape index (κ1) is 20.9. The molecule has 1 aliphatic carbocycles. The monoisotopic (exact) mass is 431 g/mol. The van der Waals surface area contributed by atoms with Crippen molar-refractivity contribution in [3.8, 4) is 5.75 Å². The van der Waals surface area contributed by atoms with Gasteiger partial charge in [0, 0.05) is 16.6 Å². The Labute approximate surface area is 185 Å². The second-order valence-corrected chi connectivity index (χ2v) is 8.07. The summed E-state index contributed by atoms with van der Waals surface area (Å²) in [4.78, 5) is 13.9. The molecular formula is C26H22FNO2S. The summed E-state index contributed by atoms with van der Waals surface area (Å²) in [7, 11) is 1.58. The normalized spacial score (nSPS) is 13.6. The minimum atomic E-state index is -0.316. The number of amides is 1. The summed E-state index contributed by atoms with van der Waals surface area (Å²) in [6.07, 6.45) is 6.22. The lowest BCUT2D eigenvalue weighted by atomic mass is 10.0. The molecule has 0 saturated carbocycles. The fraction of sp³-hybridized carbons (Fsp3) is 0.115. The van der Waals surface area contributed by atoms with Crippen molar-refractivity contribution >= 4 is 40.6 Å². The van der Waals surface area contributed by atoms with Gasteiger partial charge in [-0.3, -0.25) is 4.79 Å². The lowest BCUT2D eigenvalue weighted by molar-refractivity contribution is -0.115. The third-order valence-corrected chi connectivity index (χ3v) is 5.85. The summed E-state index contributed by atoms with van der Waals surface area (Å²) in [5.41, 5.74) is 5.17. The number of hydrogen-bond acceptors (Lipinski definition) is 3. The number of nitrogens with one attached hydrogen (secondary N) is 1. The van der Waals surface area contributed by atoms with Crippen LogP contribution in [-0.2, 0) is 4.79 Å². The fourth-order valence-corrected chi connectivity index (χ4v) is 4.01. The van der Waals surface area contributed by atoms with E-state index in [1.165, 1.54) is 17.0 Å². The van der Waals surface area contributed by atoms with Crippen molar-refractivity contribution in [1.82, 2.24) is 0 Å². The Balaban J connectivity index is 1.60. The van der Waals surface area contributed by atoms with Gasteiger partial charge in [0.05, 0.1) is 13.5 Å². The van der Waals surface area contributed by atoms with Crippen LogP contribution in [0.2, 0.25) is 0 Å². The third-order valence-electron chi connectivity index (χ3n) is 5.11. The fourth-order valence-electron chi connectivity index (χ4n) is 3.60. The van der Waals surface area contributed by atoms with Crippen LogP contribution in [0, 0.1) is 5.82 Å². The molecule has 3 nitrogen and oxygen atoms in total. The number of methoxy groups -OCH3 is 1. The van der Waals surface area contributed by atoms with Gasteiger partial charge in [-0.1, -0.05) is 24.3 Å². The Kier molecular flexibility index (Phi) is 6.23. The smallest absolute Gasteiger partial charge is 0.228 e. The number of carbonyl (C=O) groups is 1. The molecule has 0 aliphatic heterocycles. The summed E-state index contributed by atoms with van der Waals surface area (Å²) in [5, 5.41) is 2.89. The first-order valence-electron chi connectivity index (χ1n) is 9.86. The topological polar surface area (TPSA) is 38.3 Å². The maximum absolute atomic E-state index is 14.0. The number of anilines is 1. The predicted octanol–water partition coefficient (Wildman–Crippen LogP) is 6.52. The molecule has 0 unspecified atom stereocenters. The maximum atomic E-state index is 14.0. The Hall–Kier alpha value is -3.31. The van der Waals surface area contributed by atoms with Crippen LogP contribution in [0.25, 0.3) is 17.2 Å². The predicted molar refractivity (Wildman–Crippen MR) is 127 cm³/mol. The van der Waals surface area contributed by atoms with Gasteiger partial charge in [0.1, 0.15) is 11.6 Å². The van der Waals surface area contributed by atoms with Crippen LogP contribution in [0.4, 0.5) is 10.1 Å². The van der Waals surface area contributed by atoms with Crippen molar-refractivity contribution in [1.29, 1.82) is 0 Å². The van der Waals surface area contributed by atoms with Gasteiger partial charge >= 0.3 is 0 Å². The highest BCUT2D eigenvalue weighted by Gasteiger charge is 2.21. The molecule has 0 atom stereocenters. The average Bonchev–Trinajstić information content (AvgIpc) is 3.10. The number of rotatable bonds is 6. The highest BCUT2D eigenvalue weighted by atomic mass is 32.2. The van der Waals surface area contributed by atoms with E-state index in [2.05, 4.69) is 35.7 Å². The van der Waals surface area contributed by atoms with Gasteiger partial charge in [-0.25, -0.2) is 4.39 Å². The van der Waals surface area contributed by atoms with Crippen LogP contribution in [0.5, 0.6) is 5.75 Å². The van der Waals surface area contributed by atoms with Gasteiger partial charge < -0.3 is 10.1 Å². The maximum Gasteiger partial charge on any atom is 0.228 e. The summed E-state index contributed by atoms with van der Waals surface area (Å²) in [6, 6.07) is 20.2. The van der Waals surface area contributed by atoms with E-state index < -0.39 is 0 Å². The van der Waals surface area contributed by atoms with E-state index in [1.54, 1.807) is 37.1 Å². The molecule has 31 heavy (non-hydrogen) atoms. The zero-order valence-corrected chi connectivity index (χ0v) is 18.1. The molecule has 0 spiro atoms. The van der Waals surface area contributed by atoms with Crippen molar-refractivity contribution < 1.29 is 13.9 Å². The molecule has 0 bridgehead atoms. The van der Waals surface area contributed by atoms with Gasteiger partial charge in [0.2, 0.25) is 5.91 Å². The summed E-state index contributed by atoms with van der Waals surface area (Å²) < 4.78 is 19.2. The lowest BCUT2D eigenvalue weighted by Gasteiger charge is -2.09. The van der Waals surface area contributed by atoms with Gasteiger partial charge in [0.25, 0.3) is 0 Å². The minimum absolute atomic E-state index is 0.149. The van der Waals surface area contributed by atoms with Crippen LogP contribution in [-0.4, -0.2) is 19.3 Å². The molecule has 3 aromatic carbocycles. The number of benzene rings is 3. The molecule has 3 aromatic rings. The van der Waals surface area contributed by atoms with Crippen molar-refractivity contribution in [2.45, 2.75) is 11.3 Å². The Morgan fingerprint density at radius 2 is 1.87 bits per heavy atom. The summed E-state index contributed by atoms with van der Waals surface area (Å²) in [6.45, 7) is 0. The van der Waals surface area contributed by atoms with Crippen molar-refractivity contribution in [2.75, 3.05) is 18.7 Å². The number of halogens is 1. The summed E-state index contributed by atoms with van der Waals surface area (Å²) >= 11 is 1.69. The molecule has 0 saturated heterocycles. The van der Waals surface area contributed by atoms with Gasteiger partial charge in [-0.05, 0) is 82.6 Å². The highest BCUT2D eigenvalue weighted by Crippen LogP contribution is 2.38. The third kappa shape index (κ3) is 4.89. The molecule has 0 heterocycles. The lowest BCUT2D eigenvalue weighted by Crippen LogP contribution is -2.11. The highest BCUT2D eigenvalue weighted by molar-refractivity contribution is 7.98. The van der Waals surface area contributed by atoms with Crippen molar-refractivity contribution in [3.63, 3.8) is 0 Å². The quantitative estimate of drug-likeness (QED) is 0.451. The Morgan fingerprint density at radius 1 is 1.06 bits per heavy atom. The van der Waals surface area contributed by atoms with E-state index in [9.17, 15) is 9.18 Å². The number of allylic oxidation sites excluding steroid dienone is 2. The van der Waals surface area contributed by atoms with Gasteiger partial charge in [0.15, 0.2) is 0 Å². The van der Waals surface area contributed by atoms with E-state index in [4.69, 9.17) is 4.74 Å². The van der Waals surface area contributed by atoms with Crippen LogP contribution in [0.1, 0.15) is 23.1 Å².